The van der Waals surface area contributed by atoms with E-state index in [1.807, 2.05) is 12.1 Å². The molecule has 2 aromatic rings. The maximum atomic E-state index is 10.7. The highest BCUT2D eigenvalue weighted by Crippen LogP contribution is 2.26. The lowest BCUT2D eigenvalue weighted by Gasteiger charge is -1.99. The second kappa shape index (κ2) is 7.48. The molecule has 0 atom stereocenters. The van der Waals surface area contributed by atoms with Crippen LogP contribution in [-0.4, -0.2) is 18.5 Å². The molecule has 1 N–H and O–H groups in total. The minimum absolute atomic E-state index is 1.29. The second-order valence-corrected chi connectivity index (χ2v) is 6.21. The van der Waals surface area contributed by atoms with Gasteiger partial charge in [0.2, 0.25) is 0 Å². The molecule has 3 nitrogen and oxygen atoms in total. The van der Waals surface area contributed by atoms with Gasteiger partial charge in [0, 0.05) is 9.79 Å². The molecule has 21 heavy (non-hydrogen) atoms. The first-order chi connectivity index (χ1) is 9.70. The molecule has 0 aliphatic rings. The van der Waals surface area contributed by atoms with Crippen LogP contribution in [0.3, 0.4) is 0 Å². The third kappa shape index (κ3) is 6.65. The molecule has 0 bridgehead atoms. The van der Waals surface area contributed by atoms with Gasteiger partial charge in [-0.05, 0) is 24.3 Å². The van der Waals surface area contributed by atoms with E-state index in [1.165, 1.54) is 9.79 Å². The highest BCUT2D eigenvalue weighted by Gasteiger charge is 2.44. The average molecular weight is 336 g/mol. The van der Waals surface area contributed by atoms with Crippen molar-refractivity contribution in [2.45, 2.75) is 15.3 Å². The molecule has 0 saturated carbocycles. The molecular weight excluding hydrogens is 325 g/mol. The van der Waals surface area contributed by atoms with Crippen molar-refractivity contribution in [3.8, 4) is 0 Å². The topological polar surface area (TPSA) is 54.4 Å². The molecule has 0 fully saturated rings. The molecule has 114 valence electrons. The first-order valence-corrected chi connectivity index (χ1v) is 7.77. The molecule has 0 aliphatic heterocycles. The first kappa shape index (κ1) is 17.5. The molecule has 2 rings (SSSR count). The molecular formula is C13H11F3O3S2. The summed E-state index contributed by atoms with van der Waals surface area (Å²) in [5.41, 5.74) is -5.53. The summed E-state index contributed by atoms with van der Waals surface area (Å²) in [5, 5.41) is 0. The number of hydrogen-bond donors (Lipinski definition) is 1. The molecule has 0 saturated heterocycles. The van der Waals surface area contributed by atoms with Crippen LogP contribution in [0, 0.1) is 0 Å². The van der Waals surface area contributed by atoms with E-state index in [0.29, 0.717) is 0 Å². The van der Waals surface area contributed by atoms with Crippen molar-refractivity contribution in [1.82, 2.24) is 0 Å². The molecule has 0 amide bonds. The van der Waals surface area contributed by atoms with Crippen molar-refractivity contribution in [2.24, 2.45) is 0 Å². The van der Waals surface area contributed by atoms with Gasteiger partial charge in [-0.3, -0.25) is 4.55 Å². The summed E-state index contributed by atoms with van der Waals surface area (Å²) < 4.78 is 57.5. The van der Waals surface area contributed by atoms with Gasteiger partial charge in [-0.25, -0.2) is 0 Å². The Kier molecular flexibility index (Phi) is 6.25. The fourth-order valence-electron chi connectivity index (χ4n) is 1.11. The van der Waals surface area contributed by atoms with Gasteiger partial charge in [-0.2, -0.15) is 21.6 Å². The summed E-state index contributed by atoms with van der Waals surface area (Å²) in [6.07, 6.45) is 0. The molecule has 0 unspecified atom stereocenters. The Bertz CT molecular complexity index is 604. The quantitative estimate of drug-likeness (QED) is 0.658. The van der Waals surface area contributed by atoms with Crippen LogP contribution >= 0.6 is 11.8 Å². The highest BCUT2D eigenvalue weighted by molar-refractivity contribution is 7.99. The Labute approximate surface area is 124 Å². The minimum Gasteiger partial charge on any atom is -0.279 e. The van der Waals surface area contributed by atoms with Gasteiger partial charge in [-0.1, -0.05) is 48.2 Å². The Morgan fingerprint density at radius 1 is 0.810 bits per heavy atom. The van der Waals surface area contributed by atoms with Crippen LogP contribution in [0.2, 0.25) is 0 Å². The number of hydrogen-bond acceptors (Lipinski definition) is 3. The fourth-order valence-corrected chi connectivity index (χ4v) is 1.97. The van der Waals surface area contributed by atoms with Crippen molar-refractivity contribution >= 4 is 21.9 Å². The number of alkyl halides is 3. The van der Waals surface area contributed by atoms with E-state index in [-0.39, 0.29) is 0 Å². The lowest BCUT2D eigenvalue weighted by atomic mass is 10.4. The van der Waals surface area contributed by atoms with Crippen LogP contribution in [0.4, 0.5) is 13.2 Å². The van der Waals surface area contributed by atoms with Crippen LogP contribution in [0.25, 0.3) is 0 Å². The molecule has 0 spiro atoms. The van der Waals surface area contributed by atoms with Crippen molar-refractivity contribution in [1.29, 1.82) is 0 Å². The van der Waals surface area contributed by atoms with Crippen molar-refractivity contribution < 1.29 is 26.1 Å². The lowest BCUT2D eigenvalue weighted by molar-refractivity contribution is -0.0510. The molecule has 0 aliphatic carbocycles. The Hall–Kier alpha value is -1.51. The van der Waals surface area contributed by atoms with Gasteiger partial charge < -0.3 is 0 Å². The van der Waals surface area contributed by atoms with E-state index in [0.717, 1.165) is 0 Å². The largest absolute Gasteiger partial charge is 0.522 e. The van der Waals surface area contributed by atoms with Crippen molar-refractivity contribution in [2.75, 3.05) is 0 Å². The van der Waals surface area contributed by atoms with E-state index in [9.17, 15) is 13.2 Å². The summed E-state index contributed by atoms with van der Waals surface area (Å²) in [7, 11) is -5.84. The first-order valence-electron chi connectivity index (χ1n) is 5.52. The average Bonchev–Trinajstić information content (AvgIpc) is 2.39. The van der Waals surface area contributed by atoms with Crippen molar-refractivity contribution in [3.63, 3.8) is 0 Å². The summed E-state index contributed by atoms with van der Waals surface area (Å²) in [5.74, 6) is 0. The van der Waals surface area contributed by atoms with Gasteiger partial charge in [0.15, 0.2) is 0 Å². The second-order valence-electron chi connectivity index (χ2n) is 3.65. The van der Waals surface area contributed by atoms with E-state index in [2.05, 4.69) is 48.5 Å². The SMILES string of the molecule is O=S(=O)(O)C(F)(F)F.c1ccc(Sc2ccccc2)cc1. The molecule has 8 heteroatoms. The van der Waals surface area contributed by atoms with Crippen LogP contribution < -0.4 is 0 Å². The van der Waals surface area contributed by atoms with E-state index in [1.54, 1.807) is 11.8 Å². The van der Waals surface area contributed by atoms with Crippen LogP contribution in [-0.2, 0) is 10.1 Å². The molecule has 0 aromatic heterocycles. The van der Waals surface area contributed by atoms with Crippen molar-refractivity contribution in [3.05, 3.63) is 60.7 Å². The zero-order chi connectivity index (χ0) is 15.9. The number of halogens is 3. The minimum atomic E-state index is -5.84. The van der Waals surface area contributed by atoms with Gasteiger partial charge in [0.1, 0.15) is 0 Å². The Morgan fingerprint density at radius 2 is 1.10 bits per heavy atom. The van der Waals surface area contributed by atoms with Gasteiger partial charge in [-0.15, -0.1) is 0 Å². The van der Waals surface area contributed by atoms with E-state index >= 15 is 0 Å². The zero-order valence-electron chi connectivity index (χ0n) is 10.5. The standard InChI is InChI=1S/C12H10S.CHF3O3S/c1-3-7-11(8-4-1)13-12-9-5-2-6-10-12;2-1(3,4)8(5,6)7/h1-10H;(H,5,6,7). The lowest BCUT2D eigenvalue weighted by Crippen LogP contribution is -2.21. The summed E-state index contributed by atoms with van der Waals surface area (Å²) in [6.45, 7) is 0. The Morgan fingerprint density at radius 3 is 1.33 bits per heavy atom. The normalized spacial score (nSPS) is 11.4. The predicted molar refractivity (Wildman–Crippen MR) is 74.6 cm³/mol. The number of benzene rings is 2. The van der Waals surface area contributed by atoms with Gasteiger partial charge in [0.05, 0.1) is 0 Å². The van der Waals surface area contributed by atoms with Gasteiger partial charge >= 0.3 is 15.6 Å². The molecule has 2 aromatic carbocycles. The zero-order valence-corrected chi connectivity index (χ0v) is 12.1. The Balaban J connectivity index is 0.000000240. The van der Waals surface area contributed by atoms with Crippen LogP contribution in [0.1, 0.15) is 0 Å². The molecule has 0 radical (unpaired) electrons. The monoisotopic (exact) mass is 336 g/mol. The third-order valence-electron chi connectivity index (χ3n) is 2.01. The molecule has 0 heterocycles. The van der Waals surface area contributed by atoms with E-state index in [4.69, 9.17) is 13.0 Å². The van der Waals surface area contributed by atoms with Crippen LogP contribution in [0.15, 0.2) is 70.5 Å². The maximum absolute atomic E-state index is 10.7. The summed E-state index contributed by atoms with van der Waals surface area (Å²) >= 11 is 1.79. The van der Waals surface area contributed by atoms with E-state index < -0.39 is 15.6 Å². The van der Waals surface area contributed by atoms with Crippen LogP contribution in [0.5, 0.6) is 0 Å². The predicted octanol–water partition coefficient (Wildman–Crippen LogP) is 4.23. The maximum Gasteiger partial charge on any atom is 0.522 e. The summed E-state index contributed by atoms with van der Waals surface area (Å²) in [4.78, 5) is 2.57. The van der Waals surface area contributed by atoms with Gasteiger partial charge in [0.25, 0.3) is 0 Å². The third-order valence-corrected chi connectivity index (χ3v) is 3.62. The fraction of sp³-hybridized carbons (Fsp3) is 0.0769. The number of rotatable bonds is 2. The highest BCUT2D eigenvalue weighted by atomic mass is 32.2. The smallest absolute Gasteiger partial charge is 0.279 e. The summed E-state index contributed by atoms with van der Waals surface area (Å²) in [6, 6.07) is 20.8.